The van der Waals surface area contributed by atoms with Crippen LogP contribution in [-0.4, -0.2) is 24.1 Å². The molecule has 0 spiro atoms. The first-order valence-electron chi connectivity index (χ1n) is 8.96. The minimum Gasteiger partial charge on any atom is -0.497 e. The third kappa shape index (κ3) is 2.91. The summed E-state index contributed by atoms with van der Waals surface area (Å²) in [6.07, 6.45) is 0. The van der Waals surface area contributed by atoms with Crippen LogP contribution in [0.2, 0.25) is 0 Å². The number of hydrogen-bond donors (Lipinski definition) is 1. The van der Waals surface area contributed by atoms with Crippen molar-refractivity contribution in [2.75, 3.05) is 12.0 Å². The van der Waals surface area contributed by atoms with Crippen LogP contribution in [-0.2, 0) is 4.79 Å². The fraction of sp³-hybridized carbons (Fsp3) is 0.130. The van der Waals surface area contributed by atoms with E-state index in [1.165, 1.54) is 0 Å². The lowest BCUT2D eigenvalue weighted by molar-refractivity contribution is -0.139. The number of aliphatic carboxylic acids is 1. The molecule has 1 aliphatic heterocycles. The van der Waals surface area contributed by atoms with Crippen LogP contribution in [0.1, 0.15) is 33.4 Å². The Hall–Kier alpha value is -3.60. The van der Waals surface area contributed by atoms with Gasteiger partial charge in [0.2, 0.25) is 0 Å². The molecule has 0 radical (unpaired) electrons. The maximum Gasteiger partial charge on any atom is 0.313 e. The monoisotopic (exact) mass is 373 g/mol. The van der Waals surface area contributed by atoms with E-state index in [1.807, 2.05) is 30.3 Å². The Bertz CT molecular complexity index is 1010. The van der Waals surface area contributed by atoms with Crippen molar-refractivity contribution >= 4 is 17.6 Å². The van der Waals surface area contributed by atoms with E-state index >= 15 is 0 Å². The van der Waals surface area contributed by atoms with Gasteiger partial charge < -0.3 is 9.84 Å². The summed E-state index contributed by atoms with van der Waals surface area (Å²) >= 11 is 0. The molecule has 1 aliphatic rings. The van der Waals surface area contributed by atoms with Crippen molar-refractivity contribution in [3.8, 4) is 5.75 Å². The van der Waals surface area contributed by atoms with Crippen LogP contribution in [0.3, 0.4) is 0 Å². The summed E-state index contributed by atoms with van der Waals surface area (Å²) in [6.45, 7) is 0. The second kappa shape index (κ2) is 7.19. The lowest BCUT2D eigenvalue weighted by atomic mass is 9.79. The molecule has 1 amide bonds. The predicted molar refractivity (Wildman–Crippen MR) is 106 cm³/mol. The molecule has 0 aliphatic carbocycles. The topological polar surface area (TPSA) is 66.8 Å². The Morgan fingerprint density at radius 3 is 2.21 bits per heavy atom. The molecule has 1 N–H and O–H groups in total. The van der Waals surface area contributed by atoms with Crippen molar-refractivity contribution in [3.63, 3.8) is 0 Å². The van der Waals surface area contributed by atoms with Gasteiger partial charge >= 0.3 is 5.97 Å². The van der Waals surface area contributed by atoms with Gasteiger partial charge in [-0.2, -0.15) is 0 Å². The van der Waals surface area contributed by atoms with E-state index in [9.17, 15) is 14.7 Å². The first kappa shape index (κ1) is 17.8. The van der Waals surface area contributed by atoms with E-state index in [1.54, 1.807) is 60.5 Å². The van der Waals surface area contributed by atoms with Crippen LogP contribution in [0.4, 0.5) is 5.69 Å². The van der Waals surface area contributed by atoms with Gasteiger partial charge in [-0.15, -0.1) is 0 Å². The first-order valence-corrected chi connectivity index (χ1v) is 8.96. The number of fused-ring (bicyclic) bond motifs is 1. The number of amides is 1. The Morgan fingerprint density at radius 1 is 0.929 bits per heavy atom. The van der Waals surface area contributed by atoms with Gasteiger partial charge in [-0.1, -0.05) is 48.5 Å². The molecule has 0 unspecified atom stereocenters. The highest BCUT2D eigenvalue weighted by Crippen LogP contribution is 2.45. The number of carbonyl (C=O) groups excluding carboxylic acids is 1. The number of carboxylic acids is 1. The number of hydrogen-bond acceptors (Lipinski definition) is 3. The molecule has 0 saturated heterocycles. The summed E-state index contributed by atoms with van der Waals surface area (Å²) in [5, 5.41) is 10.1. The molecule has 3 aromatic rings. The van der Waals surface area contributed by atoms with Gasteiger partial charge in [0, 0.05) is 11.3 Å². The summed E-state index contributed by atoms with van der Waals surface area (Å²) in [4.78, 5) is 27.3. The molecule has 2 atom stereocenters. The first-order chi connectivity index (χ1) is 13.6. The highest BCUT2D eigenvalue weighted by molar-refractivity contribution is 6.11. The standard InChI is InChI=1S/C23H19NO4/c1-28-17-13-11-16(12-14-17)24-21(15-7-3-2-4-8-15)20(23(26)27)18-9-5-6-10-19(18)22(24)25/h2-14,20-21H,1H3,(H,26,27)/t20-,21+/m1/s1. The van der Waals surface area contributed by atoms with E-state index in [-0.39, 0.29) is 5.91 Å². The highest BCUT2D eigenvalue weighted by atomic mass is 16.5. The third-order valence-corrected chi connectivity index (χ3v) is 5.10. The molecule has 3 aromatic carbocycles. The fourth-order valence-corrected chi connectivity index (χ4v) is 3.82. The fourth-order valence-electron chi connectivity index (χ4n) is 3.82. The van der Waals surface area contributed by atoms with Crippen molar-refractivity contribution in [1.29, 1.82) is 0 Å². The Kier molecular flexibility index (Phi) is 4.57. The Balaban J connectivity index is 1.95. The number of methoxy groups -OCH3 is 1. The average Bonchev–Trinajstić information content (AvgIpc) is 2.74. The summed E-state index contributed by atoms with van der Waals surface area (Å²) in [5.74, 6) is -1.39. The van der Waals surface area contributed by atoms with Crippen molar-refractivity contribution < 1.29 is 19.4 Å². The van der Waals surface area contributed by atoms with Gasteiger partial charge in [0.25, 0.3) is 5.91 Å². The summed E-state index contributed by atoms with van der Waals surface area (Å²) in [5.41, 5.74) is 2.35. The van der Waals surface area contributed by atoms with Crippen molar-refractivity contribution in [3.05, 3.63) is 95.6 Å². The van der Waals surface area contributed by atoms with Crippen LogP contribution < -0.4 is 9.64 Å². The number of carbonyl (C=O) groups is 2. The third-order valence-electron chi connectivity index (χ3n) is 5.10. The van der Waals surface area contributed by atoms with Gasteiger partial charge in [-0.05, 0) is 41.5 Å². The van der Waals surface area contributed by atoms with Gasteiger partial charge in [0.15, 0.2) is 0 Å². The van der Waals surface area contributed by atoms with Gasteiger partial charge in [-0.25, -0.2) is 0 Å². The average molecular weight is 373 g/mol. The van der Waals surface area contributed by atoms with E-state index < -0.39 is 17.9 Å². The van der Waals surface area contributed by atoms with Gasteiger partial charge in [-0.3, -0.25) is 14.5 Å². The van der Waals surface area contributed by atoms with Crippen LogP contribution in [0, 0.1) is 0 Å². The molecule has 0 aromatic heterocycles. The second-order valence-electron chi connectivity index (χ2n) is 6.63. The van der Waals surface area contributed by atoms with Crippen molar-refractivity contribution in [2.24, 2.45) is 0 Å². The summed E-state index contributed by atoms with van der Waals surface area (Å²) in [7, 11) is 1.57. The van der Waals surface area contributed by atoms with Crippen molar-refractivity contribution in [2.45, 2.75) is 12.0 Å². The zero-order valence-electron chi connectivity index (χ0n) is 15.3. The molecule has 0 saturated carbocycles. The van der Waals surface area contributed by atoms with Crippen LogP contribution >= 0.6 is 0 Å². The van der Waals surface area contributed by atoms with Crippen LogP contribution in [0.15, 0.2) is 78.9 Å². The van der Waals surface area contributed by atoms with Gasteiger partial charge in [0.1, 0.15) is 11.7 Å². The lowest BCUT2D eigenvalue weighted by Gasteiger charge is -2.40. The number of benzene rings is 3. The minimum atomic E-state index is -0.965. The smallest absolute Gasteiger partial charge is 0.313 e. The molecule has 140 valence electrons. The second-order valence-corrected chi connectivity index (χ2v) is 6.63. The van der Waals surface area contributed by atoms with E-state index in [0.29, 0.717) is 22.6 Å². The molecular formula is C23H19NO4. The molecule has 4 rings (SSSR count). The largest absolute Gasteiger partial charge is 0.497 e. The maximum absolute atomic E-state index is 13.4. The van der Waals surface area contributed by atoms with E-state index in [0.717, 1.165) is 5.56 Å². The molecule has 0 fully saturated rings. The number of anilines is 1. The van der Waals surface area contributed by atoms with E-state index in [2.05, 4.69) is 0 Å². The molecule has 5 heteroatoms. The molecule has 28 heavy (non-hydrogen) atoms. The quantitative estimate of drug-likeness (QED) is 0.742. The number of nitrogens with zero attached hydrogens (tertiary/aromatic N) is 1. The van der Waals surface area contributed by atoms with Crippen LogP contribution in [0.5, 0.6) is 5.75 Å². The van der Waals surface area contributed by atoms with Gasteiger partial charge in [0.05, 0.1) is 13.2 Å². The molecule has 5 nitrogen and oxygen atoms in total. The highest BCUT2D eigenvalue weighted by Gasteiger charge is 2.44. The SMILES string of the molecule is COc1ccc(N2C(=O)c3ccccc3[C@@H](C(=O)O)[C@@H]2c2ccccc2)cc1. The van der Waals surface area contributed by atoms with Crippen LogP contribution in [0.25, 0.3) is 0 Å². The van der Waals surface area contributed by atoms with E-state index in [4.69, 9.17) is 4.74 Å². The Morgan fingerprint density at radius 2 is 1.57 bits per heavy atom. The molecular weight excluding hydrogens is 354 g/mol. The zero-order chi connectivity index (χ0) is 19.7. The zero-order valence-corrected chi connectivity index (χ0v) is 15.3. The maximum atomic E-state index is 13.4. The normalized spacial score (nSPS) is 18.5. The van der Waals surface area contributed by atoms with Crippen molar-refractivity contribution in [1.82, 2.24) is 0 Å². The summed E-state index contributed by atoms with van der Waals surface area (Å²) in [6, 6.07) is 22.7. The number of ether oxygens (including phenoxy) is 1. The number of carboxylic acid groups (broad SMARTS) is 1. The lowest BCUT2D eigenvalue weighted by Crippen LogP contribution is -2.45. The predicted octanol–water partition coefficient (Wildman–Crippen LogP) is 4.27. The Labute approximate surface area is 162 Å². The number of rotatable bonds is 4. The molecule has 1 heterocycles. The summed E-state index contributed by atoms with van der Waals surface area (Å²) < 4.78 is 5.21. The molecule has 0 bridgehead atoms. The minimum absolute atomic E-state index is 0.216.